The number of hydrogen-bond donors (Lipinski definition) is 0. The summed E-state index contributed by atoms with van der Waals surface area (Å²) in [6.07, 6.45) is 3.28. The number of para-hydroxylation sites is 1. The van der Waals surface area contributed by atoms with Gasteiger partial charge in [0.2, 0.25) is 10.0 Å². The van der Waals surface area contributed by atoms with E-state index in [-0.39, 0.29) is 4.90 Å². The molecule has 0 atom stereocenters. The maximum Gasteiger partial charge on any atom is 0.299 e. The fourth-order valence-electron chi connectivity index (χ4n) is 5.03. The van der Waals surface area contributed by atoms with Crippen molar-refractivity contribution in [3.05, 3.63) is 71.0 Å². The van der Waals surface area contributed by atoms with Crippen LogP contribution in [0.2, 0.25) is 0 Å². The third-order valence-corrected chi connectivity index (χ3v) is 8.75. The number of carbonyl (C=O) groups is 2. The Labute approximate surface area is 205 Å². The van der Waals surface area contributed by atoms with Gasteiger partial charge in [0, 0.05) is 25.3 Å². The van der Waals surface area contributed by atoms with E-state index in [9.17, 15) is 18.0 Å². The summed E-state index contributed by atoms with van der Waals surface area (Å²) in [5.41, 5.74) is 3.57. The van der Waals surface area contributed by atoms with Gasteiger partial charge in [-0.15, -0.1) is 0 Å². The van der Waals surface area contributed by atoms with Crippen molar-refractivity contribution >= 4 is 27.4 Å². The molecule has 0 spiro atoms. The van der Waals surface area contributed by atoms with Crippen molar-refractivity contribution in [3.63, 3.8) is 0 Å². The highest BCUT2D eigenvalue weighted by molar-refractivity contribution is 7.89. The second kappa shape index (κ2) is 9.05. The molecule has 1 amide bonds. The topological polar surface area (TPSA) is 92.6 Å². The highest BCUT2D eigenvalue weighted by Crippen LogP contribution is 2.32. The van der Waals surface area contributed by atoms with Crippen LogP contribution in [0.4, 0.5) is 5.69 Å². The smallest absolute Gasteiger partial charge is 0.299 e. The summed E-state index contributed by atoms with van der Waals surface area (Å²) in [7, 11) is -3.56. The van der Waals surface area contributed by atoms with Crippen LogP contribution in [0.15, 0.2) is 53.4 Å². The van der Waals surface area contributed by atoms with Gasteiger partial charge in [0.25, 0.3) is 11.7 Å². The van der Waals surface area contributed by atoms with Gasteiger partial charge < -0.3 is 4.90 Å². The van der Waals surface area contributed by atoms with Crippen molar-refractivity contribution in [1.82, 2.24) is 14.1 Å². The van der Waals surface area contributed by atoms with Crippen LogP contribution < -0.4 is 4.90 Å². The lowest BCUT2D eigenvalue weighted by Gasteiger charge is -2.26. The van der Waals surface area contributed by atoms with Gasteiger partial charge in [-0.1, -0.05) is 24.6 Å². The van der Waals surface area contributed by atoms with Crippen LogP contribution in [0.25, 0.3) is 5.69 Å². The summed E-state index contributed by atoms with van der Waals surface area (Å²) in [5, 5.41) is 4.49. The van der Waals surface area contributed by atoms with E-state index in [4.69, 9.17) is 0 Å². The molecule has 1 aromatic heterocycles. The molecule has 2 aromatic carbocycles. The molecule has 0 radical (unpaired) electrons. The van der Waals surface area contributed by atoms with Crippen LogP contribution in [0.3, 0.4) is 0 Å². The van der Waals surface area contributed by atoms with E-state index in [1.807, 2.05) is 30.3 Å². The van der Waals surface area contributed by atoms with Crippen LogP contribution in [0.1, 0.15) is 46.6 Å². The molecule has 0 saturated carbocycles. The number of anilines is 1. The number of fused-ring (bicyclic) bond motifs is 1. The van der Waals surface area contributed by atoms with Crippen molar-refractivity contribution in [1.29, 1.82) is 0 Å². The Morgan fingerprint density at radius 2 is 1.63 bits per heavy atom. The van der Waals surface area contributed by atoms with Crippen molar-refractivity contribution in [3.8, 4) is 5.69 Å². The Kier molecular flexibility index (Phi) is 6.06. The molecule has 3 heterocycles. The first-order valence-corrected chi connectivity index (χ1v) is 13.3. The van der Waals surface area contributed by atoms with Crippen LogP contribution in [0, 0.1) is 13.8 Å². The Morgan fingerprint density at radius 1 is 0.914 bits per heavy atom. The minimum atomic E-state index is -3.56. The fourth-order valence-corrected chi connectivity index (χ4v) is 6.59. The van der Waals surface area contributed by atoms with Gasteiger partial charge in [-0.25, -0.2) is 13.1 Å². The minimum absolute atomic E-state index is 0.245. The van der Waals surface area contributed by atoms with E-state index < -0.39 is 21.7 Å². The molecule has 0 unspecified atom stereocenters. The molecular formula is C26H28N4O4S. The normalized spacial score (nSPS) is 16.3. The van der Waals surface area contributed by atoms with Crippen molar-refractivity contribution in [2.75, 3.05) is 24.5 Å². The first-order chi connectivity index (χ1) is 16.8. The zero-order valence-electron chi connectivity index (χ0n) is 19.9. The lowest BCUT2D eigenvalue weighted by molar-refractivity contribution is -0.114. The molecule has 3 aromatic rings. The van der Waals surface area contributed by atoms with E-state index >= 15 is 0 Å². The number of rotatable bonds is 5. The molecule has 5 rings (SSSR count). The number of nitrogens with zero attached hydrogens (tertiary/aromatic N) is 4. The number of benzene rings is 2. The van der Waals surface area contributed by atoms with Gasteiger partial charge in [-0.2, -0.15) is 9.40 Å². The summed E-state index contributed by atoms with van der Waals surface area (Å²) in [6, 6.07) is 14.3. The van der Waals surface area contributed by atoms with E-state index in [1.54, 1.807) is 36.7 Å². The molecule has 2 aliphatic heterocycles. The molecule has 35 heavy (non-hydrogen) atoms. The van der Waals surface area contributed by atoms with Crippen molar-refractivity contribution in [2.24, 2.45) is 0 Å². The highest BCUT2D eigenvalue weighted by atomic mass is 32.2. The third-order valence-electron chi connectivity index (χ3n) is 6.86. The predicted molar refractivity (Wildman–Crippen MR) is 132 cm³/mol. The van der Waals surface area contributed by atoms with Gasteiger partial charge in [-0.3, -0.25) is 9.59 Å². The highest BCUT2D eigenvalue weighted by Gasteiger charge is 2.34. The molecule has 9 heteroatoms. The quantitative estimate of drug-likeness (QED) is 0.402. The van der Waals surface area contributed by atoms with Crippen molar-refractivity contribution in [2.45, 2.75) is 44.4 Å². The molecule has 0 aliphatic carbocycles. The number of ketones is 1. The lowest BCUT2D eigenvalue weighted by atomic mass is 10.1. The standard InChI is InChI=1S/C26H28N4O4S/c1-18-24(19(2)30(27-18)21-9-5-3-6-10-21)25(31)26(32)29-16-13-20-17-22(11-12-23(20)29)35(33,34)28-14-7-4-8-15-28/h3,5-6,9-12,17H,4,7-8,13-16H2,1-2H3. The first kappa shape index (κ1) is 23.4. The van der Waals surface area contributed by atoms with Gasteiger partial charge in [0.15, 0.2) is 0 Å². The zero-order chi connectivity index (χ0) is 24.7. The predicted octanol–water partition coefficient (Wildman–Crippen LogP) is 3.44. The summed E-state index contributed by atoms with van der Waals surface area (Å²) >= 11 is 0. The number of piperidine rings is 1. The number of amides is 1. The van der Waals surface area contributed by atoms with E-state index in [0.717, 1.165) is 30.5 Å². The largest absolute Gasteiger partial charge is 0.305 e. The molecule has 1 saturated heterocycles. The summed E-state index contributed by atoms with van der Waals surface area (Å²) < 4.78 is 29.4. The number of Topliss-reactive ketones (excluding diaryl/α,β-unsaturated/α-hetero) is 1. The zero-order valence-corrected chi connectivity index (χ0v) is 20.7. The summed E-state index contributed by atoms with van der Waals surface area (Å²) in [6.45, 7) is 4.91. The molecule has 1 fully saturated rings. The molecule has 182 valence electrons. The van der Waals surface area contributed by atoms with Crippen LogP contribution in [0.5, 0.6) is 0 Å². The van der Waals surface area contributed by atoms with Crippen LogP contribution in [-0.4, -0.2) is 53.8 Å². The van der Waals surface area contributed by atoms with Gasteiger partial charge >= 0.3 is 0 Å². The monoisotopic (exact) mass is 492 g/mol. The average molecular weight is 493 g/mol. The second-order valence-corrected chi connectivity index (χ2v) is 11.0. The van der Waals surface area contributed by atoms with Crippen LogP contribution in [-0.2, 0) is 21.2 Å². The Balaban J connectivity index is 1.41. The minimum Gasteiger partial charge on any atom is -0.305 e. The van der Waals surface area contributed by atoms with Crippen LogP contribution >= 0.6 is 0 Å². The number of hydrogen-bond acceptors (Lipinski definition) is 5. The number of aryl methyl sites for hydroxylation is 1. The molecule has 0 bridgehead atoms. The number of carbonyl (C=O) groups excluding carboxylic acids is 2. The van der Waals surface area contributed by atoms with E-state index in [2.05, 4.69) is 5.10 Å². The van der Waals surface area contributed by atoms with E-state index in [1.165, 1.54) is 9.21 Å². The maximum atomic E-state index is 13.3. The van der Waals surface area contributed by atoms with Crippen molar-refractivity contribution < 1.29 is 18.0 Å². The van der Waals surface area contributed by atoms with E-state index in [0.29, 0.717) is 48.7 Å². The first-order valence-electron chi connectivity index (χ1n) is 11.9. The number of aromatic nitrogens is 2. The Hall–Kier alpha value is -3.30. The number of sulfonamides is 1. The molecular weight excluding hydrogens is 464 g/mol. The lowest BCUT2D eigenvalue weighted by Crippen LogP contribution is -2.36. The Bertz CT molecular complexity index is 1410. The van der Waals surface area contributed by atoms with Gasteiger partial charge in [0.1, 0.15) is 0 Å². The summed E-state index contributed by atoms with van der Waals surface area (Å²) in [4.78, 5) is 28.3. The van der Waals surface area contributed by atoms with Gasteiger partial charge in [0.05, 0.1) is 27.5 Å². The van der Waals surface area contributed by atoms with Gasteiger partial charge in [-0.05, 0) is 69.0 Å². The molecule has 2 aliphatic rings. The Morgan fingerprint density at radius 3 is 2.34 bits per heavy atom. The maximum absolute atomic E-state index is 13.3. The average Bonchev–Trinajstić information content (AvgIpc) is 3.44. The fraction of sp³-hybridized carbons (Fsp3) is 0.346. The third kappa shape index (κ3) is 4.08. The molecule has 0 N–H and O–H groups in total. The SMILES string of the molecule is Cc1nn(-c2ccccc2)c(C)c1C(=O)C(=O)N1CCc2cc(S(=O)(=O)N3CCCCC3)ccc21. The second-order valence-electron chi connectivity index (χ2n) is 9.08. The molecule has 8 nitrogen and oxygen atoms in total. The summed E-state index contributed by atoms with van der Waals surface area (Å²) in [5.74, 6) is -1.24.